The summed E-state index contributed by atoms with van der Waals surface area (Å²) in [5.74, 6) is 0. The van der Waals surface area contributed by atoms with Crippen LogP contribution in [0.2, 0.25) is 5.02 Å². The van der Waals surface area contributed by atoms with E-state index in [0.717, 1.165) is 10.6 Å². The summed E-state index contributed by atoms with van der Waals surface area (Å²) in [4.78, 5) is 0. The maximum Gasteiger partial charge on any atom is 0.0716 e. The normalized spacial score (nSPS) is 9.44. The SMILES string of the molecule is [B]Cc1ccc(Cl)cc1. The summed E-state index contributed by atoms with van der Waals surface area (Å²) in [7, 11) is 5.36. The Morgan fingerprint density at radius 1 is 1.22 bits per heavy atom. The van der Waals surface area contributed by atoms with Crippen molar-refractivity contribution in [3.63, 3.8) is 0 Å². The Balaban J connectivity index is 2.88. The molecule has 9 heavy (non-hydrogen) atoms. The van der Waals surface area contributed by atoms with Crippen molar-refractivity contribution in [2.75, 3.05) is 0 Å². The predicted octanol–water partition coefficient (Wildman–Crippen LogP) is 2.01. The molecule has 0 aliphatic carbocycles. The number of hydrogen-bond acceptors (Lipinski definition) is 0. The van der Waals surface area contributed by atoms with Gasteiger partial charge in [0, 0.05) is 5.02 Å². The maximum atomic E-state index is 5.63. The van der Waals surface area contributed by atoms with Crippen LogP contribution >= 0.6 is 11.6 Å². The minimum absolute atomic E-state index is 0.581. The van der Waals surface area contributed by atoms with Gasteiger partial charge in [-0.1, -0.05) is 35.6 Å². The van der Waals surface area contributed by atoms with Gasteiger partial charge in [0.25, 0.3) is 0 Å². The highest BCUT2D eigenvalue weighted by Crippen LogP contribution is 2.08. The molecule has 0 amide bonds. The summed E-state index contributed by atoms with van der Waals surface area (Å²) in [5, 5.41) is 0.757. The smallest absolute Gasteiger partial charge is 0.0716 e. The van der Waals surface area contributed by atoms with Gasteiger partial charge in [0.2, 0.25) is 0 Å². The lowest BCUT2D eigenvalue weighted by Crippen LogP contribution is -1.80. The number of benzene rings is 1. The van der Waals surface area contributed by atoms with Crippen LogP contribution in [0.3, 0.4) is 0 Å². The third-order valence-corrected chi connectivity index (χ3v) is 1.40. The summed E-state index contributed by atoms with van der Waals surface area (Å²) < 4.78 is 0. The van der Waals surface area contributed by atoms with Gasteiger partial charge in [-0.25, -0.2) is 0 Å². The van der Waals surface area contributed by atoms with E-state index in [1.54, 1.807) is 0 Å². The van der Waals surface area contributed by atoms with E-state index >= 15 is 0 Å². The molecule has 2 radical (unpaired) electrons. The lowest BCUT2D eigenvalue weighted by atomic mass is 9.97. The molecule has 0 saturated heterocycles. The van der Waals surface area contributed by atoms with Gasteiger partial charge in [0.1, 0.15) is 0 Å². The van der Waals surface area contributed by atoms with E-state index < -0.39 is 0 Å². The molecule has 0 aliphatic rings. The molecule has 0 fully saturated rings. The minimum Gasteiger partial charge on any atom is -0.0843 e. The standard InChI is InChI=1S/C7H6BCl/c8-5-6-1-3-7(9)4-2-6/h1-4H,5H2. The van der Waals surface area contributed by atoms with Gasteiger partial charge in [-0.15, -0.1) is 0 Å². The van der Waals surface area contributed by atoms with Crippen LogP contribution in [-0.2, 0) is 6.32 Å². The first-order chi connectivity index (χ1) is 4.33. The Kier molecular flexibility index (Phi) is 2.18. The highest BCUT2D eigenvalue weighted by molar-refractivity contribution is 6.30. The van der Waals surface area contributed by atoms with E-state index in [-0.39, 0.29) is 0 Å². The van der Waals surface area contributed by atoms with Crippen molar-refractivity contribution >= 4 is 19.4 Å². The second-order valence-corrected chi connectivity index (χ2v) is 2.27. The van der Waals surface area contributed by atoms with E-state index in [4.69, 9.17) is 19.4 Å². The zero-order chi connectivity index (χ0) is 6.69. The molecule has 0 heterocycles. The first-order valence-corrected chi connectivity index (χ1v) is 3.15. The van der Waals surface area contributed by atoms with E-state index in [1.807, 2.05) is 24.3 Å². The van der Waals surface area contributed by atoms with Gasteiger partial charge in [-0.2, -0.15) is 0 Å². The molecule has 1 aromatic rings. The fourth-order valence-electron chi connectivity index (χ4n) is 0.620. The Morgan fingerprint density at radius 2 is 1.78 bits per heavy atom. The maximum absolute atomic E-state index is 5.63. The van der Waals surface area contributed by atoms with Crippen molar-refractivity contribution in [3.8, 4) is 0 Å². The van der Waals surface area contributed by atoms with Crippen molar-refractivity contribution in [1.29, 1.82) is 0 Å². The minimum atomic E-state index is 0.581. The van der Waals surface area contributed by atoms with Crippen LogP contribution in [0.1, 0.15) is 5.56 Å². The molecule has 0 nitrogen and oxygen atoms in total. The van der Waals surface area contributed by atoms with Crippen LogP contribution in [-0.4, -0.2) is 7.85 Å². The number of halogens is 1. The molecule has 0 aliphatic heterocycles. The van der Waals surface area contributed by atoms with Gasteiger partial charge in [-0.05, 0) is 12.1 Å². The topological polar surface area (TPSA) is 0 Å². The summed E-state index contributed by atoms with van der Waals surface area (Å²) in [6.45, 7) is 0. The molecule has 44 valence electrons. The molecule has 1 aromatic carbocycles. The summed E-state index contributed by atoms with van der Waals surface area (Å²) in [5.41, 5.74) is 1.11. The molecule has 1 rings (SSSR count). The third-order valence-electron chi connectivity index (χ3n) is 1.15. The molecule has 0 unspecified atom stereocenters. The quantitative estimate of drug-likeness (QED) is 0.518. The molecule has 0 atom stereocenters. The van der Waals surface area contributed by atoms with Crippen molar-refractivity contribution in [1.82, 2.24) is 0 Å². The van der Waals surface area contributed by atoms with Gasteiger partial charge in [-0.3, -0.25) is 0 Å². The lowest BCUT2D eigenvalue weighted by Gasteiger charge is -1.93. The van der Waals surface area contributed by atoms with E-state index in [1.165, 1.54) is 0 Å². The summed E-state index contributed by atoms with van der Waals surface area (Å²) in [6, 6.07) is 7.51. The molecule has 0 N–H and O–H groups in total. The van der Waals surface area contributed by atoms with Crippen LogP contribution in [0.25, 0.3) is 0 Å². The molecule has 0 saturated carbocycles. The van der Waals surface area contributed by atoms with Gasteiger partial charge < -0.3 is 0 Å². The van der Waals surface area contributed by atoms with Crippen LogP contribution in [0.4, 0.5) is 0 Å². The highest BCUT2D eigenvalue weighted by Gasteiger charge is 1.86. The van der Waals surface area contributed by atoms with Crippen LogP contribution in [0.5, 0.6) is 0 Å². The van der Waals surface area contributed by atoms with Crippen LogP contribution in [0.15, 0.2) is 24.3 Å². The van der Waals surface area contributed by atoms with Crippen molar-refractivity contribution in [2.45, 2.75) is 6.32 Å². The molecular formula is C7H6BCl. The van der Waals surface area contributed by atoms with Crippen LogP contribution in [0, 0.1) is 0 Å². The Labute approximate surface area is 61.3 Å². The summed E-state index contributed by atoms with van der Waals surface area (Å²) in [6.07, 6.45) is 0.581. The average Bonchev–Trinajstić information content (AvgIpc) is 1.90. The molecule has 0 aromatic heterocycles. The zero-order valence-corrected chi connectivity index (χ0v) is 5.73. The summed E-state index contributed by atoms with van der Waals surface area (Å²) >= 11 is 5.63. The number of hydrogen-bond donors (Lipinski definition) is 0. The largest absolute Gasteiger partial charge is 0.0843 e. The second-order valence-electron chi connectivity index (χ2n) is 1.83. The molecule has 2 heteroatoms. The van der Waals surface area contributed by atoms with E-state index in [0.29, 0.717) is 6.32 Å². The lowest BCUT2D eigenvalue weighted by molar-refractivity contribution is 1.40. The fraction of sp³-hybridized carbons (Fsp3) is 0.143. The van der Waals surface area contributed by atoms with Gasteiger partial charge >= 0.3 is 0 Å². The molecular weight excluding hydrogens is 130 g/mol. The first-order valence-electron chi connectivity index (χ1n) is 2.77. The fourth-order valence-corrected chi connectivity index (χ4v) is 0.746. The first kappa shape index (κ1) is 6.69. The third kappa shape index (κ3) is 1.76. The Hall–Kier alpha value is -0.425. The Bertz CT molecular complexity index is 181. The highest BCUT2D eigenvalue weighted by atomic mass is 35.5. The van der Waals surface area contributed by atoms with Crippen molar-refractivity contribution in [3.05, 3.63) is 34.9 Å². The monoisotopic (exact) mass is 136 g/mol. The van der Waals surface area contributed by atoms with Gasteiger partial charge in [0.15, 0.2) is 0 Å². The number of rotatable bonds is 1. The molecule has 0 bridgehead atoms. The van der Waals surface area contributed by atoms with Crippen molar-refractivity contribution < 1.29 is 0 Å². The van der Waals surface area contributed by atoms with E-state index in [9.17, 15) is 0 Å². The zero-order valence-electron chi connectivity index (χ0n) is 4.97. The van der Waals surface area contributed by atoms with E-state index in [2.05, 4.69) is 0 Å². The predicted molar refractivity (Wildman–Crippen MR) is 40.9 cm³/mol. The second kappa shape index (κ2) is 2.93. The molecule has 0 spiro atoms. The van der Waals surface area contributed by atoms with Gasteiger partial charge in [0.05, 0.1) is 7.85 Å². The average molecular weight is 136 g/mol. The van der Waals surface area contributed by atoms with Crippen LogP contribution < -0.4 is 0 Å². The van der Waals surface area contributed by atoms with Crippen molar-refractivity contribution in [2.24, 2.45) is 0 Å². The Morgan fingerprint density at radius 3 is 2.22 bits per heavy atom.